The summed E-state index contributed by atoms with van der Waals surface area (Å²) >= 11 is 1.64. The number of carbonyl (C=O) groups excluding carboxylic acids is 3. The number of para-hydroxylation sites is 1. The fourth-order valence-electron chi connectivity index (χ4n) is 8.24. The number of likely N-dealkylation sites (tertiary alicyclic amines) is 1. The third-order valence-electron chi connectivity index (χ3n) is 11.2. The SMILES string of the molecule is CC(=CCCCCCC(NC(=O)OC(C)(C)C)C(=O)N1CC(Oc2nc3c(-c4nc(C5CCCC5)cs4)cccc3n2C(C)C)CC1C(N)=O)C1CC1C(=O)O. The van der Waals surface area contributed by atoms with Crippen LogP contribution in [0.5, 0.6) is 6.01 Å². The molecule has 0 radical (unpaired) electrons. The number of hydrogen-bond donors (Lipinski definition) is 3. The number of aliphatic carboxylic acids is 1. The van der Waals surface area contributed by atoms with Gasteiger partial charge in [0.1, 0.15) is 34.3 Å². The van der Waals surface area contributed by atoms with Crippen LogP contribution in [0.15, 0.2) is 35.2 Å². The molecule has 3 fully saturated rings. The molecule has 5 atom stereocenters. The zero-order valence-corrected chi connectivity index (χ0v) is 34.4. The third-order valence-corrected chi connectivity index (χ3v) is 12.1. The number of nitrogens with one attached hydrogen (secondary N) is 1. The summed E-state index contributed by atoms with van der Waals surface area (Å²) in [5, 5.41) is 15.1. The highest BCUT2D eigenvalue weighted by Gasteiger charge is 2.44. The van der Waals surface area contributed by atoms with Crippen molar-refractivity contribution in [2.75, 3.05) is 6.54 Å². The summed E-state index contributed by atoms with van der Waals surface area (Å²) in [6, 6.07) is 4.59. The van der Waals surface area contributed by atoms with E-state index in [0.29, 0.717) is 31.2 Å². The molecule has 3 aromatic rings. The van der Waals surface area contributed by atoms with Crippen molar-refractivity contribution in [3.05, 3.63) is 40.9 Å². The Kier molecular flexibility index (Phi) is 12.8. The number of fused-ring (bicyclic) bond motifs is 1. The number of allylic oxidation sites excluding steroid dienone is 2. The maximum Gasteiger partial charge on any atom is 0.408 e. The maximum absolute atomic E-state index is 14.3. The molecule has 5 unspecified atom stereocenters. The molecule has 3 amide bonds. The smallest absolute Gasteiger partial charge is 0.408 e. The zero-order valence-electron chi connectivity index (χ0n) is 33.6. The molecule has 2 aliphatic carbocycles. The Morgan fingerprint density at radius 2 is 1.82 bits per heavy atom. The molecule has 3 aliphatic rings. The Morgan fingerprint density at radius 1 is 1.07 bits per heavy atom. The van der Waals surface area contributed by atoms with Gasteiger partial charge in [-0.3, -0.25) is 19.0 Å². The predicted molar refractivity (Wildman–Crippen MR) is 215 cm³/mol. The largest absolute Gasteiger partial charge is 0.481 e. The van der Waals surface area contributed by atoms with Gasteiger partial charge in [-0.05, 0) is 98.1 Å². The first-order chi connectivity index (χ1) is 26.6. The molecule has 0 spiro atoms. The summed E-state index contributed by atoms with van der Waals surface area (Å²) < 4.78 is 14.1. The van der Waals surface area contributed by atoms with Crippen LogP contribution in [0.1, 0.15) is 130 Å². The zero-order chi connectivity index (χ0) is 40.3. The Bertz CT molecular complexity index is 1940. The topological polar surface area (TPSA) is 179 Å². The molecule has 1 saturated heterocycles. The lowest BCUT2D eigenvalue weighted by Gasteiger charge is -2.28. The van der Waals surface area contributed by atoms with Crippen molar-refractivity contribution in [2.45, 2.75) is 148 Å². The fraction of sp³-hybridized carbons (Fsp3) is 0.619. The Hall–Kier alpha value is -4.46. The number of alkyl carbamates (subject to hydrolysis) is 1. The Balaban J connectivity index is 1.16. The number of nitrogens with two attached hydrogens (primary N) is 1. The number of carboxylic acids is 1. The van der Waals surface area contributed by atoms with E-state index in [1.807, 2.05) is 29.7 Å². The molecule has 304 valence electrons. The fourth-order valence-corrected chi connectivity index (χ4v) is 9.17. The molecule has 2 aromatic heterocycles. The van der Waals surface area contributed by atoms with Crippen molar-refractivity contribution in [3.8, 4) is 16.6 Å². The number of carboxylic acid groups (broad SMARTS) is 1. The second kappa shape index (κ2) is 17.4. The number of aromatic nitrogens is 3. The monoisotopic (exact) mass is 790 g/mol. The number of thiazole rings is 1. The van der Waals surface area contributed by atoms with Crippen molar-refractivity contribution in [1.29, 1.82) is 0 Å². The average Bonchev–Trinajstić information content (AvgIpc) is 3.57. The van der Waals surface area contributed by atoms with Crippen LogP contribution < -0.4 is 15.8 Å². The minimum Gasteiger partial charge on any atom is -0.481 e. The number of carbonyl (C=O) groups is 4. The van der Waals surface area contributed by atoms with Crippen molar-refractivity contribution in [2.24, 2.45) is 17.6 Å². The van der Waals surface area contributed by atoms with Crippen molar-refractivity contribution in [1.82, 2.24) is 24.8 Å². The van der Waals surface area contributed by atoms with E-state index < -0.39 is 47.7 Å². The number of imidazole rings is 1. The second-order valence-electron chi connectivity index (χ2n) is 17.0. The third kappa shape index (κ3) is 9.73. The van der Waals surface area contributed by atoms with E-state index in [0.717, 1.165) is 52.1 Å². The number of hydrogen-bond acceptors (Lipinski definition) is 9. The van der Waals surface area contributed by atoms with Gasteiger partial charge in [-0.1, -0.05) is 43.4 Å². The number of ether oxygens (including phenoxy) is 2. The Labute approximate surface area is 333 Å². The number of nitrogens with zero attached hydrogens (tertiary/aromatic N) is 4. The quantitative estimate of drug-likeness (QED) is 0.0967. The first kappa shape index (κ1) is 41.2. The lowest BCUT2D eigenvalue weighted by atomic mass is 10.0. The van der Waals surface area contributed by atoms with Gasteiger partial charge >= 0.3 is 12.1 Å². The van der Waals surface area contributed by atoms with Crippen LogP contribution in [0.3, 0.4) is 0 Å². The van der Waals surface area contributed by atoms with Crippen LogP contribution >= 0.6 is 11.3 Å². The van der Waals surface area contributed by atoms with Gasteiger partial charge in [0.2, 0.25) is 11.8 Å². The molecule has 2 saturated carbocycles. The molecule has 1 aliphatic heterocycles. The van der Waals surface area contributed by atoms with Crippen LogP contribution in [0.4, 0.5) is 4.79 Å². The Morgan fingerprint density at radius 3 is 2.48 bits per heavy atom. The molecule has 14 heteroatoms. The van der Waals surface area contributed by atoms with E-state index in [4.69, 9.17) is 25.2 Å². The first-order valence-corrected chi connectivity index (χ1v) is 21.1. The van der Waals surface area contributed by atoms with Crippen molar-refractivity contribution in [3.63, 3.8) is 0 Å². The van der Waals surface area contributed by atoms with Gasteiger partial charge in [-0.15, -0.1) is 11.3 Å². The van der Waals surface area contributed by atoms with Crippen LogP contribution in [-0.4, -0.2) is 78.8 Å². The number of rotatable bonds is 16. The van der Waals surface area contributed by atoms with E-state index in [1.54, 1.807) is 32.1 Å². The second-order valence-corrected chi connectivity index (χ2v) is 17.9. The minimum absolute atomic E-state index is 0.00107. The predicted octanol–water partition coefficient (Wildman–Crippen LogP) is 7.74. The minimum atomic E-state index is -0.944. The van der Waals surface area contributed by atoms with Crippen LogP contribution in [0.25, 0.3) is 21.6 Å². The average molecular weight is 791 g/mol. The van der Waals surface area contributed by atoms with E-state index in [-0.39, 0.29) is 30.8 Å². The van der Waals surface area contributed by atoms with Gasteiger partial charge < -0.3 is 30.5 Å². The molecule has 0 bridgehead atoms. The van der Waals surface area contributed by atoms with Gasteiger partial charge in [-0.2, -0.15) is 4.98 Å². The molecular weight excluding hydrogens is 733 g/mol. The van der Waals surface area contributed by atoms with E-state index in [2.05, 4.69) is 30.6 Å². The van der Waals surface area contributed by atoms with Gasteiger partial charge in [0.05, 0.1) is 23.7 Å². The summed E-state index contributed by atoms with van der Waals surface area (Å²) in [5.41, 5.74) is 10.0. The van der Waals surface area contributed by atoms with Crippen molar-refractivity contribution < 1.29 is 33.8 Å². The summed E-state index contributed by atoms with van der Waals surface area (Å²) in [5.74, 6) is -1.45. The first-order valence-electron chi connectivity index (χ1n) is 20.2. The van der Waals surface area contributed by atoms with Gasteiger partial charge in [0.25, 0.3) is 6.01 Å². The van der Waals surface area contributed by atoms with Crippen LogP contribution in [-0.2, 0) is 19.1 Å². The molecule has 4 N–H and O–H groups in total. The lowest BCUT2D eigenvalue weighted by molar-refractivity contribution is -0.139. The van der Waals surface area contributed by atoms with Gasteiger partial charge in [-0.25, -0.2) is 9.78 Å². The number of unbranched alkanes of at least 4 members (excludes halogenated alkanes) is 3. The molecule has 1 aromatic carbocycles. The van der Waals surface area contributed by atoms with Gasteiger partial charge in [0, 0.05) is 29.3 Å². The summed E-state index contributed by atoms with van der Waals surface area (Å²) in [7, 11) is 0. The lowest BCUT2D eigenvalue weighted by Crippen LogP contribution is -2.53. The molecule has 13 nitrogen and oxygen atoms in total. The number of primary amides is 1. The standard InChI is InChI=1S/C42H58N6O7S/c1-24(2)48-33-19-13-17-28(37-44-32(23-56-37)26-15-11-12-16-26)35(33)46-40(48)54-27-20-34(36(43)49)47(22-27)38(50)31(45-41(53)55-42(4,5)6)18-10-8-7-9-14-25(3)29-21-30(29)39(51)52/h13-14,17,19,23-24,26-27,29-31,34H,7-12,15-16,18,20-22H2,1-6H3,(H2,43,49)(H,45,53)(H,51,52). The van der Waals surface area contributed by atoms with Crippen molar-refractivity contribution >= 4 is 46.2 Å². The van der Waals surface area contributed by atoms with Gasteiger partial charge in [0.15, 0.2) is 0 Å². The molecule has 3 heterocycles. The number of benzene rings is 1. The highest BCUT2D eigenvalue weighted by Crippen LogP contribution is 2.44. The highest BCUT2D eigenvalue weighted by atomic mass is 32.1. The maximum atomic E-state index is 14.3. The van der Waals surface area contributed by atoms with Crippen LogP contribution in [0.2, 0.25) is 0 Å². The van der Waals surface area contributed by atoms with Crippen LogP contribution in [0, 0.1) is 11.8 Å². The van der Waals surface area contributed by atoms with E-state index in [9.17, 15) is 24.3 Å². The van der Waals surface area contributed by atoms with E-state index in [1.165, 1.54) is 30.6 Å². The molecule has 56 heavy (non-hydrogen) atoms. The normalized spacial score (nSPS) is 22.1. The highest BCUT2D eigenvalue weighted by molar-refractivity contribution is 7.13. The molecule has 6 rings (SSSR count). The van der Waals surface area contributed by atoms with E-state index >= 15 is 0 Å². The molecular formula is C42H58N6O7S. The summed E-state index contributed by atoms with van der Waals surface area (Å²) in [6.45, 7) is 11.5. The number of amides is 3. The summed E-state index contributed by atoms with van der Waals surface area (Å²) in [4.78, 5) is 62.8. The summed E-state index contributed by atoms with van der Waals surface area (Å²) in [6.07, 6.45) is 9.94.